The molecule has 0 aliphatic rings. The number of aliphatic carboxylic acids is 1. The average Bonchev–Trinajstić information content (AvgIpc) is 2.77. The van der Waals surface area contributed by atoms with Crippen LogP contribution in [0.4, 0.5) is 0 Å². The zero-order chi connectivity index (χ0) is 12.9. The molecule has 0 bridgehead atoms. The molecule has 1 atom stereocenters. The van der Waals surface area contributed by atoms with Gasteiger partial charge in [-0.05, 0) is 11.4 Å². The van der Waals surface area contributed by atoms with Crippen LogP contribution in [0.25, 0.3) is 0 Å². The summed E-state index contributed by atoms with van der Waals surface area (Å²) in [7, 11) is -3.59. The van der Waals surface area contributed by atoms with Crippen molar-refractivity contribution >= 4 is 27.3 Å². The molecule has 0 spiro atoms. The van der Waals surface area contributed by atoms with Gasteiger partial charge < -0.3 is 10.2 Å². The minimum absolute atomic E-state index is 0.0942. The van der Waals surface area contributed by atoms with Crippen molar-refractivity contribution in [2.75, 3.05) is 13.2 Å². The maximum Gasteiger partial charge on any atom is 0.303 e. The number of aliphatic hydroxyl groups excluding tert-OH is 1. The van der Waals surface area contributed by atoms with Crippen molar-refractivity contribution in [1.82, 2.24) is 4.72 Å². The molecule has 0 aliphatic heterocycles. The highest BCUT2D eigenvalue weighted by Gasteiger charge is 2.18. The van der Waals surface area contributed by atoms with Crippen LogP contribution in [-0.4, -0.2) is 37.8 Å². The minimum Gasteiger partial charge on any atom is -0.481 e. The Kier molecular flexibility index (Phi) is 5.06. The van der Waals surface area contributed by atoms with E-state index in [1.165, 1.54) is 6.07 Å². The third-order valence-electron chi connectivity index (χ3n) is 2.04. The van der Waals surface area contributed by atoms with Gasteiger partial charge in [0.1, 0.15) is 4.21 Å². The number of hydrogen-bond donors (Lipinski definition) is 3. The second-order valence-corrected chi connectivity index (χ2v) is 6.37. The SMILES string of the molecule is O=C(O)CC(CO)CNS(=O)(=O)c1cccs1. The van der Waals surface area contributed by atoms with E-state index in [9.17, 15) is 13.2 Å². The molecule has 1 rings (SSSR count). The van der Waals surface area contributed by atoms with Gasteiger partial charge in [0.2, 0.25) is 10.0 Å². The number of hydrogen-bond acceptors (Lipinski definition) is 5. The van der Waals surface area contributed by atoms with E-state index in [0.29, 0.717) is 0 Å². The molecule has 6 nitrogen and oxygen atoms in total. The third-order valence-corrected chi connectivity index (χ3v) is 4.86. The van der Waals surface area contributed by atoms with Crippen LogP contribution in [0.3, 0.4) is 0 Å². The first-order valence-corrected chi connectivity index (χ1v) is 7.18. The Labute approximate surface area is 103 Å². The van der Waals surface area contributed by atoms with Crippen LogP contribution in [0, 0.1) is 5.92 Å². The highest BCUT2D eigenvalue weighted by atomic mass is 32.2. The number of nitrogens with one attached hydrogen (secondary N) is 1. The standard InChI is InChI=1S/C9H13NO5S2/c11-6-7(4-8(12)13)5-10-17(14,15)9-2-1-3-16-9/h1-3,7,10-11H,4-6H2,(H,12,13). The van der Waals surface area contributed by atoms with E-state index in [4.69, 9.17) is 10.2 Å². The van der Waals surface area contributed by atoms with E-state index in [0.717, 1.165) is 11.3 Å². The lowest BCUT2D eigenvalue weighted by Gasteiger charge is -2.12. The zero-order valence-electron chi connectivity index (χ0n) is 8.87. The smallest absolute Gasteiger partial charge is 0.303 e. The van der Waals surface area contributed by atoms with Gasteiger partial charge in [-0.3, -0.25) is 4.79 Å². The summed E-state index contributed by atoms with van der Waals surface area (Å²) < 4.78 is 25.8. The summed E-state index contributed by atoms with van der Waals surface area (Å²) in [5, 5.41) is 19.1. The van der Waals surface area contributed by atoms with Gasteiger partial charge in [-0.1, -0.05) is 6.07 Å². The normalized spacial score (nSPS) is 13.5. The Morgan fingerprint density at radius 2 is 2.24 bits per heavy atom. The molecule has 0 fully saturated rings. The second-order valence-electron chi connectivity index (χ2n) is 3.43. The molecule has 1 heterocycles. The molecule has 1 aromatic heterocycles. The predicted molar refractivity (Wildman–Crippen MR) is 62.3 cm³/mol. The quantitative estimate of drug-likeness (QED) is 0.657. The Hall–Kier alpha value is -0.960. The molecule has 0 aromatic carbocycles. The van der Waals surface area contributed by atoms with Crippen molar-refractivity contribution < 1.29 is 23.4 Å². The number of thiophene rings is 1. The van der Waals surface area contributed by atoms with Gasteiger partial charge >= 0.3 is 5.97 Å². The summed E-state index contributed by atoms with van der Waals surface area (Å²) in [4.78, 5) is 10.4. The Balaban J connectivity index is 2.57. The number of rotatable bonds is 7. The van der Waals surface area contributed by atoms with Crippen LogP contribution in [-0.2, 0) is 14.8 Å². The molecule has 0 saturated heterocycles. The van der Waals surface area contributed by atoms with Crippen LogP contribution >= 0.6 is 11.3 Å². The summed E-state index contributed by atoms with van der Waals surface area (Å²) in [5.41, 5.74) is 0. The highest BCUT2D eigenvalue weighted by molar-refractivity contribution is 7.91. The molecule has 96 valence electrons. The Morgan fingerprint density at radius 3 is 2.71 bits per heavy atom. The monoisotopic (exact) mass is 279 g/mol. The third kappa shape index (κ3) is 4.43. The molecule has 0 amide bonds. The van der Waals surface area contributed by atoms with Crippen molar-refractivity contribution in [2.24, 2.45) is 5.92 Å². The van der Waals surface area contributed by atoms with Gasteiger partial charge in [0.05, 0.1) is 6.42 Å². The molecule has 1 unspecified atom stereocenters. The molecule has 0 aliphatic carbocycles. The number of carbonyl (C=O) groups is 1. The largest absolute Gasteiger partial charge is 0.481 e. The molecule has 1 aromatic rings. The highest BCUT2D eigenvalue weighted by Crippen LogP contribution is 2.15. The summed E-state index contributed by atoms with van der Waals surface area (Å²) in [6, 6.07) is 3.07. The first-order chi connectivity index (χ1) is 7.95. The van der Waals surface area contributed by atoms with Crippen molar-refractivity contribution in [3.8, 4) is 0 Å². The minimum atomic E-state index is -3.59. The first-order valence-electron chi connectivity index (χ1n) is 4.81. The van der Waals surface area contributed by atoms with Gasteiger partial charge in [0.25, 0.3) is 0 Å². The summed E-state index contributed by atoms with van der Waals surface area (Å²) in [6.07, 6.45) is -0.274. The van der Waals surface area contributed by atoms with E-state index in [2.05, 4.69) is 4.72 Å². The van der Waals surface area contributed by atoms with Crippen LogP contribution in [0.1, 0.15) is 6.42 Å². The van der Waals surface area contributed by atoms with Crippen molar-refractivity contribution in [1.29, 1.82) is 0 Å². The van der Waals surface area contributed by atoms with Crippen molar-refractivity contribution in [3.05, 3.63) is 17.5 Å². The van der Waals surface area contributed by atoms with E-state index in [1.807, 2.05) is 0 Å². The van der Waals surface area contributed by atoms with Gasteiger partial charge in [-0.25, -0.2) is 13.1 Å². The number of carboxylic acids is 1. The van der Waals surface area contributed by atoms with E-state index >= 15 is 0 Å². The van der Waals surface area contributed by atoms with Crippen molar-refractivity contribution in [3.63, 3.8) is 0 Å². The topological polar surface area (TPSA) is 104 Å². The zero-order valence-corrected chi connectivity index (χ0v) is 10.5. The molecule has 17 heavy (non-hydrogen) atoms. The van der Waals surface area contributed by atoms with Crippen LogP contribution in [0.5, 0.6) is 0 Å². The van der Waals surface area contributed by atoms with Gasteiger partial charge in [0, 0.05) is 19.1 Å². The fraction of sp³-hybridized carbons (Fsp3) is 0.444. The summed E-state index contributed by atoms with van der Waals surface area (Å²) >= 11 is 1.07. The maximum absolute atomic E-state index is 11.7. The molecule has 3 N–H and O–H groups in total. The van der Waals surface area contributed by atoms with Crippen LogP contribution in [0.2, 0.25) is 0 Å². The van der Waals surface area contributed by atoms with E-state index < -0.39 is 21.9 Å². The van der Waals surface area contributed by atoms with Gasteiger partial charge in [-0.15, -0.1) is 11.3 Å². The molecular weight excluding hydrogens is 266 g/mol. The first kappa shape index (κ1) is 14.1. The number of aliphatic hydroxyl groups is 1. The lowest BCUT2D eigenvalue weighted by atomic mass is 10.1. The summed E-state index contributed by atoms with van der Waals surface area (Å²) in [5.74, 6) is -1.69. The van der Waals surface area contributed by atoms with Crippen LogP contribution < -0.4 is 4.72 Å². The Bertz CT molecular complexity index is 454. The molecule has 0 radical (unpaired) electrons. The van der Waals surface area contributed by atoms with E-state index in [-0.39, 0.29) is 23.8 Å². The summed E-state index contributed by atoms with van der Waals surface area (Å²) in [6.45, 7) is -0.470. The Morgan fingerprint density at radius 1 is 1.53 bits per heavy atom. The average molecular weight is 279 g/mol. The molecule has 8 heteroatoms. The van der Waals surface area contributed by atoms with Crippen molar-refractivity contribution in [2.45, 2.75) is 10.6 Å². The van der Waals surface area contributed by atoms with Crippen LogP contribution in [0.15, 0.2) is 21.7 Å². The lowest BCUT2D eigenvalue weighted by Crippen LogP contribution is -2.31. The van der Waals surface area contributed by atoms with E-state index in [1.54, 1.807) is 11.4 Å². The number of sulfonamides is 1. The second kappa shape index (κ2) is 6.10. The predicted octanol–water partition coefficient (Wildman–Crippen LogP) is 0.110. The maximum atomic E-state index is 11.7. The lowest BCUT2D eigenvalue weighted by molar-refractivity contribution is -0.138. The van der Waals surface area contributed by atoms with Gasteiger partial charge in [-0.2, -0.15) is 0 Å². The molecule has 0 saturated carbocycles. The molecular formula is C9H13NO5S2. The fourth-order valence-corrected chi connectivity index (χ4v) is 3.32. The number of carboxylic acid groups (broad SMARTS) is 1. The van der Waals surface area contributed by atoms with Gasteiger partial charge in [0.15, 0.2) is 0 Å². The fourth-order valence-electron chi connectivity index (χ4n) is 1.16.